The highest BCUT2D eigenvalue weighted by atomic mass is 16.3. The summed E-state index contributed by atoms with van der Waals surface area (Å²) in [5, 5.41) is 13.2. The van der Waals surface area contributed by atoms with Gasteiger partial charge in [0.2, 0.25) is 0 Å². The van der Waals surface area contributed by atoms with Crippen LogP contribution in [-0.4, -0.2) is 16.0 Å². The summed E-state index contributed by atoms with van der Waals surface area (Å²) in [5.41, 5.74) is 7.53. The lowest BCUT2D eigenvalue weighted by molar-refractivity contribution is 0.102. The van der Waals surface area contributed by atoms with E-state index in [1.165, 1.54) is 12.1 Å². The molecular formula is C16H13N3O2. The fourth-order valence-corrected chi connectivity index (χ4v) is 2.03. The Kier molecular flexibility index (Phi) is 3.16. The Hall–Kier alpha value is -3.08. The fraction of sp³-hybridized carbons (Fsp3) is 0. The number of rotatable bonds is 2. The van der Waals surface area contributed by atoms with E-state index in [1.807, 2.05) is 30.3 Å². The van der Waals surface area contributed by atoms with Crippen LogP contribution < -0.4 is 11.1 Å². The van der Waals surface area contributed by atoms with Crippen LogP contribution >= 0.6 is 0 Å². The number of hydrogen-bond donors (Lipinski definition) is 3. The molecule has 0 atom stereocenters. The number of nitrogen functional groups attached to an aromatic ring is 1. The molecule has 0 bridgehead atoms. The molecule has 0 aliphatic carbocycles. The average molecular weight is 279 g/mol. The van der Waals surface area contributed by atoms with Crippen molar-refractivity contribution in [3.63, 3.8) is 0 Å². The lowest BCUT2D eigenvalue weighted by Gasteiger charge is -2.07. The number of hydrogen-bond acceptors (Lipinski definition) is 4. The van der Waals surface area contributed by atoms with Crippen LogP contribution in [0.2, 0.25) is 0 Å². The molecule has 0 spiro atoms. The van der Waals surface area contributed by atoms with Crippen LogP contribution in [0.4, 0.5) is 11.4 Å². The summed E-state index contributed by atoms with van der Waals surface area (Å²) in [6, 6.07) is 13.9. The zero-order chi connectivity index (χ0) is 14.8. The summed E-state index contributed by atoms with van der Waals surface area (Å²) in [7, 11) is 0. The Balaban J connectivity index is 1.87. The molecule has 0 aliphatic rings. The van der Waals surface area contributed by atoms with Gasteiger partial charge in [0.25, 0.3) is 5.91 Å². The van der Waals surface area contributed by atoms with Crippen LogP contribution in [-0.2, 0) is 0 Å². The van der Waals surface area contributed by atoms with E-state index in [4.69, 9.17) is 5.73 Å². The van der Waals surface area contributed by atoms with E-state index in [0.717, 1.165) is 10.9 Å². The van der Waals surface area contributed by atoms with Gasteiger partial charge >= 0.3 is 0 Å². The zero-order valence-corrected chi connectivity index (χ0v) is 11.1. The highest BCUT2D eigenvalue weighted by Crippen LogP contribution is 2.22. The maximum atomic E-state index is 12.1. The largest absolute Gasteiger partial charge is 0.506 e. The molecule has 0 unspecified atom stereocenters. The zero-order valence-electron chi connectivity index (χ0n) is 11.1. The summed E-state index contributed by atoms with van der Waals surface area (Å²) < 4.78 is 0. The molecule has 0 fully saturated rings. The van der Waals surface area contributed by atoms with Crippen molar-refractivity contribution in [1.82, 2.24) is 4.98 Å². The van der Waals surface area contributed by atoms with Crippen LogP contribution in [0, 0.1) is 0 Å². The molecule has 1 amide bonds. The van der Waals surface area contributed by atoms with Crippen molar-refractivity contribution in [2.24, 2.45) is 0 Å². The molecule has 0 radical (unpaired) electrons. The minimum Gasteiger partial charge on any atom is -0.506 e. The van der Waals surface area contributed by atoms with E-state index in [9.17, 15) is 9.90 Å². The topological polar surface area (TPSA) is 88.2 Å². The van der Waals surface area contributed by atoms with Crippen LogP contribution in [0.25, 0.3) is 10.9 Å². The van der Waals surface area contributed by atoms with Crippen molar-refractivity contribution in [2.75, 3.05) is 11.1 Å². The molecule has 5 heteroatoms. The van der Waals surface area contributed by atoms with Crippen molar-refractivity contribution in [3.05, 3.63) is 60.3 Å². The minimum atomic E-state index is -0.331. The third-order valence-electron chi connectivity index (χ3n) is 3.14. The number of aromatic nitrogens is 1. The second-order valence-corrected chi connectivity index (χ2v) is 4.64. The molecule has 0 saturated heterocycles. The summed E-state index contributed by atoms with van der Waals surface area (Å²) in [5.74, 6) is -0.443. The Labute approximate surface area is 121 Å². The molecule has 3 aromatic rings. The maximum absolute atomic E-state index is 12.1. The van der Waals surface area contributed by atoms with E-state index in [1.54, 1.807) is 12.3 Å². The van der Waals surface area contributed by atoms with E-state index in [0.29, 0.717) is 11.3 Å². The molecule has 0 saturated carbocycles. The molecule has 1 aromatic heterocycles. The molecule has 1 heterocycles. The van der Waals surface area contributed by atoms with Crippen molar-refractivity contribution in [1.29, 1.82) is 0 Å². The number of nitrogens with two attached hydrogens (primary N) is 1. The number of benzene rings is 2. The summed E-state index contributed by atoms with van der Waals surface area (Å²) in [6.07, 6.45) is 1.59. The first-order valence-electron chi connectivity index (χ1n) is 6.38. The number of fused-ring (bicyclic) bond motifs is 1. The molecule has 3 rings (SSSR count). The highest BCUT2D eigenvalue weighted by molar-refractivity contribution is 6.05. The Morgan fingerprint density at radius 1 is 1.14 bits per heavy atom. The molecule has 4 N–H and O–H groups in total. The van der Waals surface area contributed by atoms with Gasteiger partial charge in [0.15, 0.2) is 0 Å². The van der Waals surface area contributed by atoms with Gasteiger partial charge in [0.05, 0.1) is 23.1 Å². The van der Waals surface area contributed by atoms with Crippen LogP contribution in [0.3, 0.4) is 0 Å². The van der Waals surface area contributed by atoms with E-state index < -0.39 is 0 Å². The number of amides is 1. The molecular weight excluding hydrogens is 266 g/mol. The van der Waals surface area contributed by atoms with Gasteiger partial charge in [-0.3, -0.25) is 9.78 Å². The first-order chi connectivity index (χ1) is 10.1. The molecule has 0 aliphatic heterocycles. The monoisotopic (exact) mass is 279 g/mol. The average Bonchev–Trinajstić information content (AvgIpc) is 2.50. The van der Waals surface area contributed by atoms with Gasteiger partial charge in [-0.1, -0.05) is 18.2 Å². The predicted molar refractivity (Wildman–Crippen MR) is 82.2 cm³/mol. The number of aromatic hydroxyl groups is 1. The van der Waals surface area contributed by atoms with Crippen molar-refractivity contribution in [2.45, 2.75) is 0 Å². The first-order valence-corrected chi connectivity index (χ1v) is 6.38. The van der Waals surface area contributed by atoms with Gasteiger partial charge in [-0.05, 0) is 30.3 Å². The Morgan fingerprint density at radius 3 is 2.76 bits per heavy atom. The fourth-order valence-electron chi connectivity index (χ4n) is 2.03. The number of pyridine rings is 1. The number of para-hydroxylation sites is 1. The summed E-state index contributed by atoms with van der Waals surface area (Å²) >= 11 is 0. The standard InChI is InChI=1S/C16H13N3O2/c17-13-6-5-11(8-15(13)20)16(21)19-12-7-10-3-1-2-4-14(10)18-9-12/h1-9,20H,17H2,(H,19,21). The number of nitrogens with one attached hydrogen (secondary N) is 1. The lowest BCUT2D eigenvalue weighted by Crippen LogP contribution is -2.12. The summed E-state index contributed by atoms with van der Waals surface area (Å²) in [6.45, 7) is 0. The van der Waals surface area contributed by atoms with Gasteiger partial charge in [-0.2, -0.15) is 0 Å². The smallest absolute Gasteiger partial charge is 0.255 e. The van der Waals surface area contributed by atoms with Crippen molar-refractivity contribution in [3.8, 4) is 5.75 Å². The van der Waals surface area contributed by atoms with Crippen LogP contribution in [0.15, 0.2) is 54.7 Å². The molecule has 5 nitrogen and oxygen atoms in total. The molecule has 21 heavy (non-hydrogen) atoms. The SMILES string of the molecule is Nc1ccc(C(=O)Nc2cnc3ccccc3c2)cc1O. The first kappa shape index (κ1) is 12.9. The van der Waals surface area contributed by atoms with E-state index in [2.05, 4.69) is 10.3 Å². The normalized spacial score (nSPS) is 10.5. The van der Waals surface area contributed by atoms with Crippen LogP contribution in [0.1, 0.15) is 10.4 Å². The van der Waals surface area contributed by atoms with Gasteiger partial charge in [-0.25, -0.2) is 0 Å². The Bertz CT molecular complexity index is 831. The van der Waals surface area contributed by atoms with Crippen molar-refractivity contribution >= 4 is 28.2 Å². The second kappa shape index (κ2) is 5.13. The third-order valence-corrected chi connectivity index (χ3v) is 3.14. The summed E-state index contributed by atoms with van der Waals surface area (Å²) in [4.78, 5) is 16.4. The number of carbonyl (C=O) groups excluding carboxylic acids is 1. The molecule has 104 valence electrons. The van der Waals surface area contributed by atoms with Gasteiger partial charge in [0, 0.05) is 10.9 Å². The number of nitrogens with zero attached hydrogens (tertiary/aromatic N) is 1. The number of carbonyl (C=O) groups is 1. The van der Waals surface area contributed by atoms with E-state index in [-0.39, 0.29) is 17.3 Å². The Morgan fingerprint density at radius 2 is 1.95 bits per heavy atom. The third kappa shape index (κ3) is 2.62. The minimum absolute atomic E-state index is 0.112. The quantitative estimate of drug-likeness (QED) is 0.497. The maximum Gasteiger partial charge on any atom is 0.255 e. The number of phenols is 1. The lowest BCUT2D eigenvalue weighted by atomic mass is 10.1. The predicted octanol–water partition coefficient (Wildman–Crippen LogP) is 2.77. The number of anilines is 2. The molecule has 2 aromatic carbocycles. The van der Waals surface area contributed by atoms with E-state index >= 15 is 0 Å². The van der Waals surface area contributed by atoms with Crippen LogP contribution in [0.5, 0.6) is 5.75 Å². The van der Waals surface area contributed by atoms with Gasteiger partial charge in [-0.15, -0.1) is 0 Å². The van der Waals surface area contributed by atoms with Gasteiger partial charge < -0.3 is 16.2 Å². The van der Waals surface area contributed by atoms with Gasteiger partial charge in [0.1, 0.15) is 5.75 Å². The second-order valence-electron chi connectivity index (χ2n) is 4.64. The highest BCUT2D eigenvalue weighted by Gasteiger charge is 2.09. The number of phenolic OH excluding ortho intramolecular Hbond substituents is 1. The van der Waals surface area contributed by atoms with Crippen molar-refractivity contribution < 1.29 is 9.90 Å².